The van der Waals surface area contributed by atoms with E-state index in [-0.39, 0.29) is 37.2 Å². The zero-order valence-corrected chi connectivity index (χ0v) is 17.8. The van der Waals surface area contributed by atoms with E-state index in [0.717, 1.165) is 5.56 Å². The maximum Gasteiger partial charge on any atom is 0.317 e. The molecular formula is C24H25FN4O3. The minimum absolute atomic E-state index is 0.0791. The third kappa shape index (κ3) is 7.09. The molecule has 0 fully saturated rings. The van der Waals surface area contributed by atoms with E-state index in [9.17, 15) is 14.0 Å². The summed E-state index contributed by atoms with van der Waals surface area (Å²) in [6.07, 6.45) is 3.21. The fraction of sp³-hybridized carbons (Fsp3) is 0.208. The zero-order chi connectivity index (χ0) is 22.8. The summed E-state index contributed by atoms with van der Waals surface area (Å²) in [5, 5.41) is 5.43. The van der Waals surface area contributed by atoms with E-state index in [1.807, 2.05) is 30.3 Å². The van der Waals surface area contributed by atoms with Crippen LogP contribution in [0, 0.1) is 5.82 Å². The molecule has 0 bridgehead atoms. The number of aromatic nitrogens is 1. The fourth-order valence-corrected chi connectivity index (χ4v) is 2.91. The van der Waals surface area contributed by atoms with Crippen molar-refractivity contribution in [3.8, 4) is 11.5 Å². The van der Waals surface area contributed by atoms with Crippen LogP contribution in [0.15, 0.2) is 73.1 Å². The molecule has 0 radical (unpaired) electrons. The fourth-order valence-electron chi connectivity index (χ4n) is 2.91. The van der Waals surface area contributed by atoms with Crippen molar-refractivity contribution in [2.75, 3.05) is 13.6 Å². The summed E-state index contributed by atoms with van der Waals surface area (Å²) in [4.78, 5) is 29.6. The van der Waals surface area contributed by atoms with Gasteiger partial charge in [0.1, 0.15) is 5.75 Å². The van der Waals surface area contributed by atoms with Gasteiger partial charge in [0.05, 0.1) is 6.20 Å². The highest BCUT2D eigenvalue weighted by molar-refractivity contribution is 5.78. The van der Waals surface area contributed by atoms with Gasteiger partial charge in [-0.05, 0) is 35.4 Å². The number of pyridine rings is 1. The van der Waals surface area contributed by atoms with Gasteiger partial charge in [0.15, 0.2) is 11.6 Å². The lowest BCUT2D eigenvalue weighted by Gasteiger charge is -2.18. The highest BCUT2D eigenvalue weighted by Crippen LogP contribution is 2.24. The monoisotopic (exact) mass is 436 g/mol. The van der Waals surface area contributed by atoms with Crippen LogP contribution < -0.4 is 15.4 Å². The number of ether oxygens (including phenoxy) is 1. The third-order valence-electron chi connectivity index (χ3n) is 4.59. The van der Waals surface area contributed by atoms with Crippen molar-refractivity contribution in [1.82, 2.24) is 20.5 Å². The SMILES string of the molecule is CN(Cc1ccccc1)C(=O)NCCC(=O)NCc1ccc(Oc2cccnc2)c(F)c1. The number of nitrogens with zero attached hydrogens (tertiary/aromatic N) is 2. The molecule has 7 nitrogen and oxygen atoms in total. The van der Waals surface area contributed by atoms with Gasteiger partial charge in [0, 0.05) is 39.3 Å². The molecule has 0 aliphatic heterocycles. The Bertz CT molecular complexity index is 1030. The van der Waals surface area contributed by atoms with Crippen LogP contribution in [0.5, 0.6) is 11.5 Å². The minimum Gasteiger partial charge on any atom is -0.453 e. The Morgan fingerprint density at radius 2 is 1.84 bits per heavy atom. The standard InChI is InChI=1S/C24H25FN4O3/c1-29(17-18-6-3-2-4-7-18)24(31)27-13-11-23(30)28-15-19-9-10-22(21(25)14-19)32-20-8-5-12-26-16-20/h2-10,12,14,16H,11,13,15,17H2,1H3,(H,27,31)(H,28,30). The Kier molecular flexibility index (Phi) is 8.14. The van der Waals surface area contributed by atoms with Crippen LogP contribution in [-0.2, 0) is 17.9 Å². The first-order chi connectivity index (χ1) is 15.5. The Hall–Kier alpha value is -3.94. The lowest BCUT2D eigenvalue weighted by molar-refractivity contribution is -0.121. The van der Waals surface area contributed by atoms with E-state index < -0.39 is 5.82 Å². The molecule has 3 amide bonds. The topological polar surface area (TPSA) is 83.6 Å². The van der Waals surface area contributed by atoms with Gasteiger partial charge in [-0.1, -0.05) is 36.4 Å². The predicted octanol–water partition coefficient (Wildman–Crippen LogP) is 3.86. The predicted molar refractivity (Wildman–Crippen MR) is 118 cm³/mol. The number of carbonyl (C=O) groups excluding carboxylic acids is 2. The van der Waals surface area contributed by atoms with Crippen LogP contribution in [0.1, 0.15) is 17.5 Å². The van der Waals surface area contributed by atoms with Crippen LogP contribution in [0.4, 0.5) is 9.18 Å². The lowest BCUT2D eigenvalue weighted by Crippen LogP contribution is -2.38. The van der Waals surface area contributed by atoms with E-state index in [4.69, 9.17) is 4.74 Å². The molecule has 0 saturated heterocycles. The number of halogens is 1. The lowest BCUT2D eigenvalue weighted by atomic mass is 10.2. The molecule has 0 unspecified atom stereocenters. The van der Waals surface area contributed by atoms with Crippen molar-refractivity contribution in [1.29, 1.82) is 0 Å². The molecule has 0 saturated carbocycles. The van der Waals surface area contributed by atoms with Crippen molar-refractivity contribution in [3.63, 3.8) is 0 Å². The van der Waals surface area contributed by atoms with E-state index in [2.05, 4.69) is 15.6 Å². The molecule has 0 aliphatic carbocycles. The van der Waals surface area contributed by atoms with E-state index in [1.165, 1.54) is 18.3 Å². The smallest absolute Gasteiger partial charge is 0.317 e. The number of urea groups is 1. The molecule has 8 heteroatoms. The summed E-state index contributed by atoms with van der Waals surface area (Å²) >= 11 is 0. The van der Waals surface area contributed by atoms with Gasteiger partial charge in [-0.15, -0.1) is 0 Å². The second-order valence-electron chi connectivity index (χ2n) is 7.16. The van der Waals surface area contributed by atoms with Gasteiger partial charge >= 0.3 is 6.03 Å². The Morgan fingerprint density at radius 3 is 2.56 bits per heavy atom. The number of hydrogen-bond donors (Lipinski definition) is 2. The first-order valence-corrected chi connectivity index (χ1v) is 10.2. The van der Waals surface area contributed by atoms with Gasteiger partial charge in [0.2, 0.25) is 5.91 Å². The molecule has 3 aromatic rings. The maximum absolute atomic E-state index is 14.3. The highest BCUT2D eigenvalue weighted by Gasteiger charge is 2.10. The maximum atomic E-state index is 14.3. The molecule has 166 valence electrons. The average molecular weight is 436 g/mol. The van der Waals surface area contributed by atoms with Crippen LogP contribution in [0.2, 0.25) is 0 Å². The summed E-state index contributed by atoms with van der Waals surface area (Å²) in [6.45, 7) is 0.853. The van der Waals surface area contributed by atoms with Crippen molar-refractivity contribution in [3.05, 3.63) is 90.0 Å². The molecule has 2 aromatic carbocycles. The van der Waals surface area contributed by atoms with Crippen molar-refractivity contribution in [2.24, 2.45) is 0 Å². The van der Waals surface area contributed by atoms with E-state index in [0.29, 0.717) is 17.9 Å². The van der Waals surface area contributed by atoms with Gasteiger partial charge < -0.3 is 20.3 Å². The van der Waals surface area contributed by atoms with Crippen molar-refractivity contribution >= 4 is 11.9 Å². The average Bonchev–Trinajstić information content (AvgIpc) is 2.80. The summed E-state index contributed by atoms with van der Waals surface area (Å²) in [5.74, 6) is -0.263. The molecule has 0 aliphatic rings. The van der Waals surface area contributed by atoms with Gasteiger partial charge in [-0.25, -0.2) is 9.18 Å². The van der Waals surface area contributed by atoms with Crippen LogP contribution in [0.3, 0.4) is 0 Å². The van der Waals surface area contributed by atoms with Gasteiger partial charge in [-0.3, -0.25) is 9.78 Å². The van der Waals surface area contributed by atoms with Gasteiger partial charge in [-0.2, -0.15) is 0 Å². The quantitative estimate of drug-likeness (QED) is 0.534. The summed E-state index contributed by atoms with van der Waals surface area (Å²) < 4.78 is 19.7. The van der Waals surface area contributed by atoms with Gasteiger partial charge in [0.25, 0.3) is 0 Å². The first kappa shape index (κ1) is 22.7. The molecule has 0 spiro atoms. The Morgan fingerprint density at radius 1 is 1.03 bits per heavy atom. The third-order valence-corrected chi connectivity index (χ3v) is 4.59. The molecule has 2 N–H and O–H groups in total. The molecule has 32 heavy (non-hydrogen) atoms. The van der Waals surface area contributed by atoms with Crippen molar-refractivity contribution < 1.29 is 18.7 Å². The number of benzene rings is 2. The Balaban J connectivity index is 1.38. The normalized spacial score (nSPS) is 10.3. The van der Waals surface area contributed by atoms with Crippen LogP contribution in [0.25, 0.3) is 0 Å². The molecular weight excluding hydrogens is 411 g/mol. The molecule has 1 heterocycles. The van der Waals surface area contributed by atoms with Crippen LogP contribution in [-0.4, -0.2) is 35.4 Å². The molecule has 3 rings (SSSR count). The summed E-state index contributed by atoms with van der Waals surface area (Å²) in [5.41, 5.74) is 1.62. The van der Waals surface area contributed by atoms with Crippen LogP contribution >= 0.6 is 0 Å². The molecule has 1 aromatic heterocycles. The highest BCUT2D eigenvalue weighted by atomic mass is 19.1. The summed E-state index contributed by atoms with van der Waals surface area (Å²) in [7, 11) is 1.69. The van der Waals surface area contributed by atoms with Crippen molar-refractivity contribution in [2.45, 2.75) is 19.5 Å². The van der Waals surface area contributed by atoms with E-state index >= 15 is 0 Å². The molecule has 0 atom stereocenters. The largest absolute Gasteiger partial charge is 0.453 e. The summed E-state index contributed by atoms with van der Waals surface area (Å²) in [6, 6.07) is 17.2. The number of hydrogen-bond acceptors (Lipinski definition) is 4. The Labute approximate surface area is 186 Å². The zero-order valence-electron chi connectivity index (χ0n) is 17.8. The number of rotatable bonds is 9. The van der Waals surface area contributed by atoms with E-state index in [1.54, 1.807) is 36.3 Å². The minimum atomic E-state index is -0.533. The number of carbonyl (C=O) groups is 2. The second kappa shape index (κ2) is 11.5. The number of nitrogens with one attached hydrogen (secondary N) is 2. The number of amides is 3. The second-order valence-corrected chi connectivity index (χ2v) is 7.16. The first-order valence-electron chi connectivity index (χ1n) is 10.2.